The molecule has 2 aromatic rings. The number of carbonyl (C=O) groups is 3. The summed E-state index contributed by atoms with van der Waals surface area (Å²) in [5.41, 5.74) is 0.382. The van der Waals surface area contributed by atoms with Crippen molar-refractivity contribution in [1.82, 2.24) is 10.6 Å². The van der Waals surface area contributed by atoms with Crippen molar-refractivity contribution in [3.05, 3.63) is 48.0 Å². The van der Waals surface area contributed by atoms with Crippen molar-refractivity contribution < 1.29 is 23.9 Å². The predicted octanol–water partition coefficient (Wildman–Crippen LogP) is 2.95. The van der Waals surface area contributed by atoms with Crippen LogP contribution in [0.3, 0.4) is 0 Å². The van der Waals surface area contributed by atoms with Crippen molar-refractivity contribution in [1.29, 1.82) is 0 Å². The number of nitrogens with one attached hydrogen (secondary N) is 2. The molecule has 29 heavy (non-hydrogen) atoms. The smallest absolute Gasteiger partial charge is 0.408 e. The molecule has 0 bridgehead atoms. The third-order valence-corrected chi connectivity index (χ3v) is 4.22. The minimum atomic E-state index is -0.853. The lowest BCUT2D eigenvalue weighted by Crippen LogP contribution is -2.49. The van der Waals surface area contributed by atoms with Crippen LogP contribution in [0, 0.1) is 0 Å². The van der Waals surface area contributed by atoms with Gasteiger partial charge in [0.15, 0.2) is 0 Å². The first-order chi connectivity index (χ1) is 13.7. The maximum Gasteiger partial charge on any atom is 0.408 e. The molecule has 0 unspecified atom stereocenters. The molecule has 2 amide bonds. The zero-order valence-corrected chi connectivity index (χ0v) is 17.3. The fraction of sp³-hybridized carbons (Fsp3) is 0.409. The molecule has 2 rings (SSSR count). The second kappa shape index (κ2) is 9.91. The maximum absolute atomic E-state index is 12.6. The number of alkyl carbamates (subject to hydrolysis) is 1. The van der Waals surface area contributed by atoms with Crippen LogP contribution in [0.25, 0.3) is 10.8 Å². The van der Waals surface area contributed by atoms with Crippen LogP contribution in [0.2, 0.25) is 0 Å². The van der Waals surface area contributed by atoms with Gasteiger partial charge in [0.2, 0.25) is 5.91 Å². The van der Waals surface area contributed by atoms with E-state index in [1.807, 2.05) is 42.5 Å². The van der Waals surface area contributed by atoms with Crippen LogP contribution in [0.5, 0.6) is 0 Å². The summed E-state index contributed by atoms with van der Waals surface area (Å²) in [6, 6.07) is 13.1. The van der Waals surface area contributed by atoms with Gasteiger partial charge < -0.3 is 20.1 Å². The van der Waals surface area contributed by atoms with Crippen molar-refractivity contribution in [2.75, 3.05) is 13.7 Å². The number of esters is 1. The molecule has 0 spiro atoms. The third-order valence-electron chi connectivity index (χ3n) is 4.22. The fourth-order valence-electron chi connectivity index (χ4n) is 2.88. The number of carbonyl (C=O) groups excluding carboxylic acids is 3. The van der Waals surface area contributed by atoms with Gasteiger partial charge >= 0.3 is 12.1 Å². The average molecular weight is 400 g/mol. The Morgan fingerprint density at radius 3 is 2.41 bits per heavy atom. The van der Waals surface area contributed by atoms with Gasteiger partial charge in [-0.05, 0) is 49.9 Å². The van der Waals surface area contributed by atoms with Crippen LogP contribution in [0.15, 0.2) is 42.5 Å². The van der Waals surface area contributed by atoms with Gasteiger partial charge in [0, 0.05) is 0 Å². The number of benzene rings is 2. The lowest BCUT2D eigenvalue weighted by atomic mass is 9.98. The minimum absolute atomic E-state index is 0.268. The van der Waals surface area contributed by atoms with Crippen molar-refractivity contribution in [2.24, 2.45) is 0 Å². The van der Waals surface area contributed by atoms with E-state index in [2.05, 4.69) is 15.4 Å². The monoisotopic (exact) mass is 400 g/mol. The molecule has 0 radical (unpaired) electrons. The summed E-state index contributed by atoms with van der Waals surface area (Å²) in [5, 5.41) is 7.31. The van der Waals surface area contributed by atoms with Gasteiger partial charge in [-0.2, -0.15) is 0 Å². The molecule has 0 aliphatic carbocycles. The Morgan fingerprint density at radius 2 is 1.72 bits per heavy atom. The molecule has 0 fully saturated rings. The van der Waals surface area contributed by atoms with Crippen molar-refractivity contribution in [2.45, 2.75) is 45.3 Å². The van der Waals surface area contributed by atoms with Gasteiger partial charge in [0.05, 0.1) is 7.11 Å². The molecule has 0 aromatic heterocycles. The first-order valence-corrected chi connectivity index (χ1v) is 9.50. The third kappa shape index (κ3) is 7.10. The Labute approximate surface area is 170 Å². The molecule has 2 aromatic carbocycles. The number of rotatable bonds is 7. The van der Waals surface area contributed by atoms with Crippen LogP contribution in [0.1, 0.15) is 32.8 Å². The van der Waals surface area contributed by atoms with E-state index in [1.54, 1.807) is 20.8 Å². The largest absolute Gasteiger partial charge is 0.468 e. The summed E-state index contributed by atoms with van der Waals surface area (Å²) in [6.45, 7) is 4.97. The molecular weight excluding hydrogens is 372 g/mol. The molecule has 0 heterocycles. The normalized spacial score (nSPS) is 12.1. The molecule has 7 nitrogen and oxygen atoms in total. The highest BCUT2D eigenvalue weighted by atomic mass is 16.6. The Hall–Kier alpha value is -3.09. The van der Waals surface area contributed by atoms with E-state index >= 15 is 0 Å². The van der Waals surface area contributed by atoms with Crippen LogP contribution in [-0.2, 0) is 25.5 Å². The molecular formula is C22H28N2O5. The number of amides is 2. The first kappa shape index (κ1) is 22.2. The van der Waals surface area contributed by atoms with Gasteiger partial charge in [0.25, 0.3) is 0 Å². The summed E-state index contributed by atoms with van der Waals surface area (Å²) in [7, 11) is 1.24. The van der Waals surface area contributed by atoms with E-state index in [9.17, 15) is 14.4 Å². The minimum Gasteiger partial charge on any atom is -0.468 e. The second-order valence-corrected chi connectivity index (χ2v) is 7.67. The van der Waals surface area contributed by atoms with E-state index < -0.39 is 29.6 Å². The standard InChI is InChI=1S/C22H28N2O5/c1-22(2,3)29-21(27)24-18(20(26)23-14-19(25)28-4)13-12-16-10-7-9-15-8-5-6-11-17(15)16/h5-11,18H,12-14H2,1-4H3,(H,23,26)(H,24,27)/t18-/m1/s1. The van der Waals surface area contributed by atoms with Crippen molar-refractivity contribution in [3.63, 3.8) is 0 Å². The lowest BCUT2D eigenvalue weighted by Gasteiger charge is -2.23. The molecule has 0 saturated heterocycles. The topological polar surface area (TPSA) is 93.7 Å². The summed E-state index contributed by atoms with van der Waals surface area (Å²) >= 11 is 0. The lowest BCUT2D eigenvalue weighted by molar-refractivity contribution is -0.141. The van der Waals surface area contributed by atoms with E-state index in [-0.39, 0.29) is 6.54 Å². The summed E-state index contributed by atoms with van der Waals surface area (Å²) < 4.78 is 9.80. The van der Waals surface area contributed by atoms with E-state index in [0.29, 0.717) is 12.8 Å². The van der Waals surface area contributed by atoms with E-state index in [1.165, 1.54) is 7.11 Å². The Morgan fingerprint density at radius 1 is 1.03 bits per heavy atom. The number of hydrogen-bond donors (Lipinski definition) is 2. The number of hydrogen-bond acceptors (Lipinski definition) is 5. The van der Waals surface area contributed by atoms with Crippen LogP contribution in [-0.4, -0.2) is 43.3 Å². The molecule has 2 N–H and O–H groups in total. The fourth-order valence-corrected chi connectivity index (χ4v) is 2.88. The van der Waals surface area contributed by atoms with Crippen molar-refractivity contribution in [3.8, 4) is 0 Å². The molecule has 7 heteroatoms. The summed E-state index contributed by atoms with van der Waals surface area (Å²) in [4.78, 5) is 36.1. The van der Waals surface area contributed by atoms with Crippen molar-refractivity contribution >= 4 is 28.7 Å². The van der Waals surface area contributed by atoms with Gasteiger partial charge in [0.1, 0.15) is 18.2 Å². The SMILES string of the molecule is COC(=O)CNC(=O)[C@@H](CCc1cccc2ccccc12)NC(=O)OC(C)(C)C. The Bertz CT molecular complexity index is 868. The molecule has 0 aliphatic rings. The summed E-state index contributed by atoms with van der Waals surface area (Å²) in [6.07, 6.45) is 0.224. The highest BCUT2D eigenvalue weighted by molar-refractivity contribution is 5.89. The highest BCUT2D eigenvalue weighted by Gasteiger charge is 2.24. The maximum atomic E-state index is 12.6. The van der Waals surface area contributed by atoms with E-state index in [4.69, 9.17) is 4.74 Å². The first-order valence-electron chi connectivity index (χ1n) is 9.50. The molecule has 0 aliphatic heterocycles. The zero-order valence-electron chi connectivity index (χ0n) is 17.3. The molecule has 0 saturated carbocycles. The summed E-state index contributed by atoms with van der Waals surface area (Å²) in [5.74, 6) is -1.04. The predicted molar refractivity (Wildman–Crippen MR) is 110 cm³/mol. The van der Waals surface area contributed by atoms with E-state index in [0.717, 1.165) is 16.3 Å². The number of methoxy groups -OCH3 is 1. The number of ether oxygens (including phenoxy) is 2. The average Bonchev–Trinajstić information content (AvgIpc) is 2.67. The van der Waals surface area contributed by atoms with Crippen LogP contribution < -0.4 is 10.6 Å². The van der Waals surface area contributed by atoms with Gasteiger partial charge in [-0.3, -0.25) is 9.59 Å². The molecule has 156 valence electrons. The van der Waals surface area contributed by atoms with Gasteiger partial charge in [-0.15, -0.1) is 0 Å². The number of aryl methyl sites for hydroxylation is 1. The molecule has 1 atom stereocenters. The quantitative estimate of drug-likeness (QED) is 0.697. The Kier molecular flexibility index (Phi) is 7.59. The highest BCUT2D eigenvalue weighted by Crippen LogP contribution is 2.20. The van der Waals surface area contributed by atoms with Gasteiger partial charge in [-0.25, -0.2) is 4.79 Å². The Balaban J connectivity index is 2.12. The number of fused-ring (bicyclic) bond motifs is 1. The van der Waals surface area contributed by atoms with Crippen LogP contribution >= 0.6 is 0 Å². The zero-order chi connectivity index (χ0) is 21.4. The van der Waals surface area contributed by atoms with Gasteiger partial charge in [-0.1, -0.05) is 42.5 Å². The van der Waals surface area contributed by atoms with Crippen LogP contribution in [0.4, 0.5) is 4.79 Å². The second-order valence-electron chi connectivity index (χ2n) is 7.67.